The summed E-state index contributed by atoms with van der Waals surface area (Å²) in [6.45, 7) is 5.15. The van der Waals surface area contributed by atoms with Crippen LogP contribution in [0.4, 0.5) is 10.1 Å². The second-order valence-corrected chi connectivity index (χ2v) is 6.15. The fourth-order valence-corrected chi connectivity index (χ4v) is 2.45. The zero-order valence-corrected chi connectivity index (χ0v) is 15.1. The molecule has 0 aliphatic rings. The monoisotopic (exact) mass is 367 g/mol. The van der Waals surface area contributed by atoms with Gasteiger partial charge in [-0.3, -0.25) is 4.79 Å². The summed E-state index contributed by atoms with van der Waals surface area (Å²) in [7, 11) is 0. The zero-order chi connectivity index (χ0) is 19.6. The number of ether oxygens (including phenoxy) is 1. The van der Waals surface area contributed by atoms with Gasteiger partial charge < -0.3 is 10.1 Å². The first-order valence-corrected chi connectivity index (χ1v) is 8.36. The van der Waals surface area contributed by atoms with Crippen molar-refractivity contribution in [2.24, 2.45) is 0 Å². The molecule has 0 saturated carbocycles. The van der Waals surface area contributed by atoms with Gasteiger partial charge in [-0.15, -0.1) is 0 Å². The van der Waals surface area contributed by atoms with E-state index in [-0.39, 0.29) is 11.3 Å². The number of carbonyl (C=O) groups excluding carboxylic acids is 2. The van der Waals surface area contributed by atoms with Crippen LogP contribution in [-0.2, 0) is 9.53 Å². The van der Waals surface area contributed by atoms with Crippen molar-refractivity contribution in [3.63, 3.8) is 0 Å². The summed E-state index contributed by atoms with van der Waals surface area (Å²) in [4.78, 5) is 33.3. The van der Waals surface area contributed by atoms with Crippen LogP contribution in [0.15, 0.2) is 42.5 Å². The van der Waals surface area contributed by atoms with Crippen molar-refractivity contribution in [1.82, 2.24) is 9.97 Å². The minimum atomic E-state index is -1.05. The third kappa shape index (κ3) is 4.25. The fraction of sp³-hybridized carbons (Fsp3) is 0.200. The van der Waals surface area contributed by atoms with E-state index in [1.165, 1.54) is 25.1 Å². The number of rotatable bonds is 4. The third-order valence-corrected chi connectivity index (χ3v) is 4.06. The molecule has 1 N–H and O–H groups in total. The Balaban J connectivity index is 1.71. The number of aromatic nitrogens is 2. The summed E-state index contributed by atoms with van der Waals surface area (Å²) in [6, 6.07) is 10.3. The fourth-order valence-electron chi connectivity index (χ4n) is 2.45. The Morgan fingerprint density at radius 2 is 1.74 bits per heavy atom. The van der Waals surface area contributed by atoms with Crippen molar-refractivity contribution in [3.05, 3.63) is 65.2 Å². The summed E-state index contributed by atoms with van der Waals surface area (Å²) in [5.74, 6) is -1.68. The number of carbonyl (C=O) groups is 2. The van der Waals surface area contributed by atoms with E-state index in [4.69, 9.17) is 4.74 Å². The van der Waals surface area contributed by atoms with Gasteiger partial charge in [-0.1, -0.05) is 6.07 Å². The summed E-state index contributed by atoms with van der Waals surface area (Å²) in [5.41, 5.74) is 3.40. The van der Waals surface area contributed by atoms with Crippen LogP contribution in [0, 0.1) is 19.7 Å². The summed E-state index contributed by atoms with van der Waals surface area (Å²) >= 11 is 0. The van der Waals surface area contributed by atoms with Crippen LogP contribution < -0.4 is 5.32 Å². The number of aryl methyl sites for hydroxylation is 2. The average molecular weight is 367 g/mol. The minimum absolute atomic E-state index is 0.269. The highest BCUT2D eigenvalue weighted by atomic mass is 19.1. The lowest BCUT2D eigenvalue weighted by molar-refractivity contribution is -0.123. The molecule has 0 aliphatic carbocycles. The molecule has 1 aromatic heterocycles. The zero-order valence-electron chi connectivity index (χ0n) is 15.1. The molecule has 0 radical (unpaired) electrons. The molecular formula is C20H18FN3O3. The number of nitrogens with one attached hydrogen (secondary N) is 1. The van der Waals surface area contributed by atoms with Gasteiger partial charge in [0, 0.05) is 5.69 Å². The minimum Gasteiger partial charge on any atom is -0.449 e. The molecule has 27 heavy (non-hydrogen) atoms. The van der Waals surface area contributed by atoms with Crippen LogP contribution >= 0.6 is 0 Å². The van der Waals surface area contributed by atoms with Crippen molar-refractivity contribution in [2.45, 2.75) is 26.9 Å². The van der Waals surface area contributed by atoms with Crippen LogP contribution in [0.3, 0.4) is 0 Å². The van der Waals surface area contributed by atoms with E-state index in [0.29, 0.717) is 11.0 Å². The summed E-state index contributed by atoms with van der Waals surface area (Å²) in [6.07, 6.45) is -1.05. The molecular weight excluding hydrogens is 349 g/mol. The topological polar surface area (TPSA) is 81.2 Å². The SMILES string of the molecule is Cc1nc2ccc(C(=O)O[C@@H](C)C(=O)Nc3cccc(F)c3)cc2nc1C. The summed E-state index contributed by atoms with van der Waals surface area (Å²) in [5, 5.41) is 2.50. The van der Waals surface area contributed by atoms with Crippen molar-refractivity contribution < 1.29 is 18.7 Å². The van der Waals surface area contributed by atoms with E-state index in [1.54, 1.807) is 24.3 Å². The van der Waals surface area contributed by atoms with Gasteiger partial charge in [-0.05, 0) is 57.2 Å². The predicted molar refractivity (Wildman–Crippen MR) is 98.9 cm³/mol. The quantitative estimate of drug-likeness (QED) is 0.713. The lowest BCUT2D eigenvalue weighted by Crippen LogP contribution is -2.30. The smallest absolute Gasteiger partial charge is 0.338 e. The molecule has 3 aromatic rings. The Morgan fingerprint density at radius 1 is 1.04 bits per heavy atom. The molecule has 0 aliphatic heterocycles. The molecule has 0 unspecified atom stereocenters. The van der Waals surface area contributed by atoms with Crippen LogP contribution in [-0.4, -0.2) is 27.9 Å². The van der Waals surface area contributed by atoms with Crippen LogP contribution in [0.5, 0.6) is 0 Å². The number of esters is 1. The second-order valence-electron chi connectivity index (χ2n) is 6.15. The van der Waals surface area contributed by atoms with E-state index in [1.807, 2.05) is 13.8 Å². The number of hydrogen-bond acceptors (Lipinski definition) is 5. The van der Waals surface area contributed by atoms with E-state index in [0.717, 1.165) is 11.4 Å². The maximum Gasteiger partial charge on any atom is 0.338 e. The number of nitrogens with zero attached hydrogens (tertiary/aromatic N) is 2. The maximum absolute atomic E-state index is 13.2. The van der Waals surface area contributed by atoms with Gasteiger partial charge in [-0.25, -0.2) is 19.2 Å². The van der Waals surface area contributed by atoms with E-state index >= 15 is 0 Å². The van der Waals surface area contributed by atoms with Gasteiger partial charge in [0.25, 0.3) is 5.91 Å². The van der Waals surface area contributed by atoms with Gasteiger partial charge in [0.1, 0.15) is 5.82 Å². The van der Waals surface area contributed by atoms with Gasteiger partial charge in [0.2, 0.25) is 0 Å². The molecule has 6 nitrogen and oxygen atoms in total. The second kappa shape index (κ2) is 7.49. The molecule has 0 bridgehead atoms. The average Bonchev–Trinajstić information content (AvgIpc) is 2.62. The van der Waals surface area contributed by atoms with E-state index in [2.05, 4.69) is 15.3 Å². The summed E-state index contributed by atoms with van der Waals surface area (Å²) < 4.78 is 18.4. The van der Waals surface area contributed by atoms with Gasteiger partial charge in [0.05, 0.1) is 28.0 Å². The number of anilines is 1. The van der Waals surface area contributed by atoms with Crippen LogP contribution in [0.2, 0.25) is 0 Å². The van der Waals surface area contributed by atoms with Crippen molar-refractivity contribution in [3.8, 4) is 0 Å². The molecule has 1 atom stereocenters. The Hall–Kier alpha value is -3.35. The molecule has 1 heterocycles. The molecule has 2 aromatic carbocycles. The Bertz CT molecular complexity index is 1040. The molecule has 1 amide bonds. The van der Waals surface area contributed by atoms with Crippen LogP contribution in [0.1, 0.15) is 28.7 Å². The standard InChI is InChI=1S/C20H18FN3O3/c1-11-12(2)23-18-9-14(7-8-17(18)22-11)20(26)27-13(3)19(25)24-16-6-4-5-15(21)10-16/h4-10,13H,1-3H3,(H,24,25)/t13-/m0/s1. The first-order chi connectivity index (χ1) is 12.8. The van der Waals surface area contributed by atoms with Gasteiger partial charge >= 0.3 is 5.97 Å². The lowest BCUT2D eigenvalue weighted by atomic mass is 10.2. The van der Waals surface area contributed by atoms with E-state index in [9.17, 15) is 14.0 Å². The Kier molecular flexibility index (Phi) is 5.12. The molecule has 7 heteroatoms. The third-order valence-electron chi connectivity index (χ3n) is 4.06. The predicted octanol–water partition coefficient (Wildman–Crippen LogP) is 3.57. The van der Waals surface area contributed by atoms with E-state index < -0.39 is 23.8 Å². The first kappa shape index (κ1) is 18.4. The molecule has 0 fully saturated rings. The molecule has 3 rings (SSSR count). The Morgan fingerprint density at radius 3 is 2.44 bits per heavy atom. The van der Waals surface area contributed by atoms with Crippen molar-refractivity contribution in [2.75, 3.05) is 5.32 Å². The highest BCUT2D eigenvalue weighted by Crippen LogP contribution is 2.16. The maximum atomic E-state index is 13.2. The van der Waals surface area contributed by atoms with Crippen molar-refractivity contribution >= 4 is 28.6 Å². The van der Waals surface area contributed by atoms with Gasteiger partial charge in [-0.2, -0.15) is 0 Å². The molecule has 0 saturated heterocycles. The number of benzene rings is 2. The highest BCUT2D eigenvalue weighted by Gasteiger charge is 2.19. The number of hydrogen-bond donors (Lipinski definition) is 1. The molecule has 138 valence electrons. The molecule has 0 spiro atoms. The first-order valence-electron chi connectivity index (χ1n) is 8.36. The lowest BCUT2D eigenvalue weighted by Gasteiger charge is -2.14. The van der Waals surface area contributed by atoms with Crippen molar-refractivity contribution in [1.29, 1.82) is 0 Å². The van der Waals surface area contributed by atoms with Crippen LogP contribution in [0.25, 0.3) is 11.0 Å². The number of amides is 1. The number of halogens is 1. The Labute approximate surface area is 155 Å². The highest BCUT2D eigenvalue weighted by molar-refractivity contribution is 5.98. The number of fused-ring (bicyclic) bond motifs is 1. The van der Waals surface area contributed by atoms with Gasteiger partial charge in [0.15, 0.2) is 6.10 Å². The largest absolute Gasteiger partial charge is 0.449 e. The normalized spacial score (nSPS) is 11.9.